The summed E-state index contributed by atoms with van der Waals surface area (Å²) in [6, 6.07) is 22.8. The molecule has 0 fully saturated rings. The number of rotatable bonds is 2. The average Bonchev–Trinajstić information content (AvgIpc) is 3.17. The van der Waals surface area contributed by atoms with E-state index < -0.39 is 0 Å². The molecule has 0 saturated carbocycles. The highest BCUT2D eigenvalue weighted by molar-refractivity contribution is 6.15. The predicted octanol–water partition coefficient (Wildman–Crippen LogP) is 5.17. The first-order valence-corrected chi connectivity index (χ1v) is 9.03. The molecule has 4 nitrogen and oxygen atoms in total. The third-order valence-electron chi connectivity index (χ3n) is 5.12. The molecule has 5 rings (SSSR count). The highest BCUT2D eigenvalue weighted by Crippen LogP contribution is 2.38. The zero-order valence-corrected chi connectivity index (χ0v) is 15.2. The molecule has 1 aliphatic heterocycles. The molecule has 3 aromatic carbocycles. The monoisotopic (exact) mass is 367 g/mol. The maximum absolute atomic E-state index is 12.8. The number of phenols is 1. The zero-order chi connectivity index (χ0) is 19.3. The van der Waals surface area contributed by atoms with Crippen LogP contribution in [0.5, 0.6) is 11.5 Å². The number of para-hydroxylation sites is 1. The van der Waals surface area contributed by atoms with Gasteiger partial charge in [0, 0.05) is 29.6 Å². The molecule has 0 spiro atoms. The Kier molecular flexibility index (Phi) is 3.59. The summed E-state index contributed by atoms with van der Waals surface area (Å²) in [4.78, 5) is 12.8. The van der Waals surface area contributed by atoms with Crippen LogP contribution in [0.1, 0.15) is 15.9 Å². The Morgan fingerprint density at radius 3 is 2.54 bits per heavy atom. The summed E-state index contributed by atoms with van der Waals surface area (Å²) in [5.74, 6) is 0.539. The van der Waals surface area contributed by atoms with Crippen LogP contribution in [0.3, 0.4) is 0 Å². The van der Waals surface area contributed by atoms with E-state index in [2.05, 4.69) is 22.8 Å². The van der Waals surface area contributed by atoms with Crippen LogP contribution in [0.4, 0.5) is 0 Å². The van der Waals surface area contributed by atoms with Crippen LogP contribution < -0.4 is 4.74 Å². The van der Waals surface area contributed by atoms with E-state index in [9.17, 15) is 9.90 Å². The number of benzene rings is 3. The second kappa shape index (κ2) is 6.13. The van der Waals surface area contributed by atoms with Crippen molar-refractivity contribution < 1.29 is 14.6 Å². The van der Waals surface area contributed by atoms with Gasteiger partial charge in [0.2, 0.25) is 5.78 Å². The molecule has 0 bridgehead atoms. The van der Waals surface area contributed by atoms with Gasteiger partial charge in [-0.15, -0.1) is 0 Å². The number of phenolic OH excluding ortho intramolecular Hbond substituents is 1. The van der Waals surface area contributed by atoms with Gasteiger partial charge in [-0.25, -0.2) is 0 Å². The molecule has 0 radical (unpaired) electrons. The summed E-state index contributed by atoms with van der Waals surface area (Å²) >= 11 is 0. The van der Waals surface area contributed by atoms with Gasteiger partial charge in [-0.3, -0.25) is 4.79 Å². The molecule has 4 heteroatoms. The van der Waals surface area contributed by atoms with E-state index >= 15 is 0 Å². The summed E-state index contributed by atoms with van der Waals surface area (Å²) in [5, 5.41) is 10.7. The smallest absolute Gasteiger partial charge is 0.231 e. The molecule has 0 saturated heterocycles. The summed E-state index contributed by atoms with van der Waals surface area (Å²) in [7, 11) is 2.02. The molecule has 1 N–H and O–H groups in total. The number of aryl methyl sites for hydroxylation is 1. The van der Waals surface area contributed by atoms with Crippen molar-refractivity contribution in [2.45, 2.75) is 0 Å². The standard InChI is InChI=1S/C24H17NO3/c1-25-20-10-6-5-9-17(20)19(23(25)15-7-3-2-4-8-15)14-22-24(27)18-12-11-16(26)13-21(18)28-22/h2-14,26H,1H3. The Bertz CT molecular complexity index is 1270. The van der Waals surface area contributed by atoms with Gasteiger partial charge in [-0.05, 0) is 29.8 Å². The van der Waals surface area contributed by atoms with Crippen LogP contribution in [-0.4, -0.2) is 15.5 Å². The van der Waals surface area contributed by atoms with E-state index in [1.165, 1.54) is 12.1 Å². The second-order valence-electron chi connectivity index (χ2n) is 6.82. The fourth-order valence-electron chi connectivity index (χ4n) is 3.82. The van der Waals surface area contributed by atoms with Gasteiger partial charge in [-0.2, -0.15) is 0 Å². The Hall–Kier alpha value is -3.79. The number of aromatic nitrogens is 1. The van der Waals surface area contributed by atoms with E-state index in [0.717, 1.165) is 27.7 Å². The van der Waals surface area contributed by atoms with Gasteiger partial charge >= 0.3 is 0 Å². The number of ether oxygens (including phenoxy) is 1. The number of nitrogens with zero attached hydrogens (tertiary/aromatic N) is 1. The number of hydrogen-bond donors (Lipinski definition) is 1. The van der Waals surface area contributed by atoms with E-state index in [-0.39, 0.29) is 17.3 Å². The van der Waals surface area contributed by atoms with Gasteiger partial charge in [0.15, 0.2) is 5.76 Å². The minimum Gasteiger partial charge on any atom is -0.508 e. The summed E-state index contributed by atoms with van der Waals surface area (Å²) in [5.41, 5.74) is 4.56. The molecule has 2 heterocycles. The molecular weight excluding hydrogens is 350 g/mol. The number of ketones is 1. The van der Waals surface area contributed by atoms with Crippen molar-refractivity contribution in [1.29, 1.82) is 0 Å². The number of hydrogen-bond acceptors (Lipinski definition) is 3. The minimum atomic E-state index is -0.179. The van der Waals surface area contributed by atoms with Gasteiger partial charge in [0.1, 0.15) is 11.5 Å². The average molecular weight is 367 g/mol. The number of carbonyl (C=O) groups is 1. The quantitative estimate of drug-likeness (QED) is 0.498. The van der Waals surface area contributed by atoms with Crippen molar-refractivity contribution in [3.8, 4) is 22.8 Å². The van der Waals surface area contributed by atoms with Crippen molar-refractivity contribution in [1.82, 2.24) is 4.57 Å². The fraction of sp³-hybridized carbons (Fsp3) is 0.0417. The molecule has 1 aromatic heterocycles. The maximum atomic E-state index is 12.8. The van der Waals surface area contributed by atoms with Crippen molar-refractivity contribution in [3.05, 3.63) is 89.7 Å². The number of fused-ring (bicyclic) bond motifs is 2. The van der Waals surface area contributed by atoms with Crippen LogP contribution in [0, 0.1) is 0 Å². The molecular formula is C24H17NO3. The van der Waals surface area contributed by atoms with Gasteiger partial charge < -0.3 is 14.4 Å². The largest absolute Gasteiger partial charge is 0.508 e. The summed E-state index contributed by atoms with van der Waals surface area (Å²) < 4.78 is 7.93. The Morgan fingerprint density at radius 1 is 0.964 bits per heavy atom. The van der Waals surface area contributed by atoms with E-state index in [0.29, 0.717) is 11.3 Å². The topological polar surface area (TPSA) is 51.5 Å². The van der Waals surface area contributed by atoms with E-state index in [1.807, 2.05) is 49.5 Å². The lowest BCUT2D eigenvalue weighted by Gasteiger charge is -2.07. The van der Waals surface area contributed by atoms with Crippen LogP contribution in [0.15, 0.2) is 78.6 Å². The first-order valence-electron chi connectivity index (χ1n) is 9.03. The maximum Gasteiger partial charge on any atom is 0.231 e. The van der Waals surface area contributed by atoms with E-state index in [1.54, 1.807) is 6.07 Å². The molecule has 0 atom stereocenters. The van der Waals surface area contributed by atoms with Gasteiger partial charge in [-0.1, -0.05) is 48.5 Å². The van der Waals surface area contributed by atoms with Crippen LogP contribution in [0.2, 0.25) is 0 Å². The normalized spacial score (nSPS) is 14.5. The first-order chi connectivity index (χ1) is 13.6. The molecule has 0 amide bonds. The van der Waals surface area contributed by atoms with Crippen molar-refractivity contribution in [2.24, 2.45) is 7.05 Å². The predicted molar refractivity (Wildman–Crippen MR) is 109 cm³/mol. The van der Waals surface area contributed by atoms with Crippen LogP contribution >= 0.6 is 0 Å². The summed E-state index contributed by atoms with van der Waals surface area (Å²) in [6.07, 6.45) is 1.81. The van der Waals surface area contributed by atoms with Crippen LogP contribution in [0.25, 0.3) is 28.2 Å². The van der Waals surface area contributed by atoms with Gasteiger partial charge in [0.25, 0.3) is 0 Å². The number of allylic oxidation sites excluding steroid dienone is 1. The third-order valence-corrected chi connectivity index (χ3v) is 5.12. The lowest BCUT2D eigenvalue weighted by molar-refractivity contribution is 0.101. The SMILES string of the molecule is Cn1c(-c2ccccc2)c(C=C2Oc3cc(O)ccc3C2=O)c2ccccc21. The van der Waals surface area contributed by atoms with Crippen molar-refractivity contribution in [2.75, 3.05) is 0 Å². The van der Waals surface area contributed by atoms with Crippen molar-refractivity contribution >= 4 is 22.8 Å². The number of aromatic hydroxyl groups is 1. The van der Waals surface area contributed by atoms with Crippen LogP contribution in [-0.2, 0) is 7.05 Å². The van der Waals surface area contributed by atoms with Crippen molar-refractivity contribution in [3.63, 3.8) is 0 Å². The fourth-order valence-corrected chi connectivity index (χ4v) is 3.82. The molecule has 136 valence electrons. The molecule has 1 aliphatic rings. The molecule has 4 aromatic rings. The highest BCUT2D eigenvalue weighted by Gasteiger charge is 2.28. The number of Topliss-reactive ketones (excluding diaryl/α,β-unsaturated/α-hetero) is 1. The third kappa shape index (κ3) is 2.42. The first kappa shape index (κ1) is 16.4. The number of carbonyl (C=O) groups excluding carboxylic acids is 1. The molecule has 0 unspecified atom stereocenters. The Balaban J connectivity index is 1.74. The van der Waals surface area contributed by atoms with Gasteiger partial charge in [0.05, 0.1) is 11.3 Å². The Labute approximate surface area is 161 Å². The highest BCUT2D eigenvalue weighted by atomic mass is 16.5. The van der Waals surface area contributed by atoms with E-state index in [4.69, 9.17) is 4.74 Å². The Morgan fingerprint density at radius 2 is 1.71 bits per heavy atom. The molecule has 28 heavy (non-hydrogen) atoms. The lowest BCUT2D eigenvalue weighted by Crippen LogP contribution is -1.99. The zero-order valence-electron chi connectivity index (χ0n) is 15.2. The minimum absolute atomic E-state index is 0.0722. The molecule has 0 aliphatic carbocycles. The lowest BCUT2D eigenvalue weighted by atomic mass is 10.0. The second-order valence-corrected chi connectivity index (χ2v) is 6.82. The summed E-state index contributed by atoms with van der Waals surface area (Å²) in [6.45, 7) is 0.